The summed E-state index contributed by atoms with van der Waals surface area (Å²) in [6, 6.07) is 4.33. The second kappa shape index (κ2) is 5.53. The molecule has 2 aromatic rings. The molecule has 18 heavy (non-hydrogen) atoms. The van der Waals surface area contributed by atoms with Gasteiger partial charge in [0.2, 0.25) is 0 Å². The van der Waals surface area contributed by atoms with E-state index >= 15 is 0 Å². The highest BCUT2D eigenvalue weighted by atomic mass is 16.3. The van der Waals surface area contributed by atoms with Gasteiger partial charge in [-0.05, 0) is 43.5 Å². The molecular formula is C15H22N2O. The van der Waals surface area contributed by atoms with Crippen molar-refractivity contribution < 1.29 is 5.11 Å². The van der Waals surface area contributed by atoms with E-state index in [0.717, 1.165) is 29.7 Å². The number of hydrogen-bond acceptors (Lipinski definition) is 2. The van der Waals surface area contributed by atoms with Crippen molar-refractivity contribution >= 4 is 11.0 Å². The van der Waals surface area contributed by atoms with E-state index < -0.39 is 0 Å². The van der Waals surface area contributed by atoms with Crippen LogP contribution < -0.4 is 0 Å². The topological polar surface area (TPSA) is 38.0 Å². The molecule has 3 nitrogen and oxygen atoms in total. The first-order valence-electron chi connectivity index (χ1n) is 6.74. The largest absolute Gasteiger partial charge is 0.395 e. The van der Waals surface area contributed by atoms with Gasteiger partial charge in [0, 0.05) is 13.0 Å². The molecule has 1 N–H and O–H groups in total. The molecular weight excluding hydrogens is 224 g/mol. The summed E-state index contributed by atoms with van der Waals surface area (Å²) in [5.74, 6) is 1.10. The molecule has 0 saturated carbocycles. The molecule has 0 bridgehead atoms. The van der Waals surface area contributed by atoms with Crippen molar-refractivity contribution in [2.75, 3.05) is 6.61 Å². The Labute approximate surface area is 108 Å². The standard InChI is InChI=1S/C15H22N2O/c1-4-5-6-15-16-13-9-11(2)12(3)10-14(13)17(15)7-8-18/h9-10,18H,4-8H2,1-3H3. The second-order valence-corrected chi connectivity index (χ2v) is 4.93. The van der Waals surface area contributed by atoms with E-state index in [2.05, 4.69) is 37.5 Å². The lowest BCUT2D eigenvalue weighted by Gasteiger charge is -2.07. The smallest absolute Gasteiger partial charge is 0.109 e. The Morgan fingerprint density at radius 3 is 2.61 bits per heavy atom. The number of aliphatic hydroxyl groups excluding tert-OH is 1. The van der Waals surface area contributed by atoms with E-state index in [-0.39, 0.29) is 6.61 Å². The van der Waals surface area contributed by atoms with Crippen molar-refractivity contribution in [1.82, 2.24) is 9.55 Å². The van der Waals surface area contributed by atoms with Gasteiger partial charge in [-0.2, -0.15) is 0 Å². The Balaban J connectivity index is 2.52. The van der Waals surface area contributed by atoms with Gasteiger partial charge in [0.25, 0.3) is 0 Å². The summed E-state index contributed by atoms with van der Waals surface area (Å²) in [6.45, 7) is 7.23. The zero-order valence-corrected chi connectivity index (χ0v) is 11.5. The molecule has 1 aromatic heterocycles. The van der Waals surface area contributed by atoms with Crippen LogP contribution in [-0.4, -0.2) is 21.3 Å². The summed E-state index contributed by atoms with van der Waals surface area (Å²) >= 11 is 0. The highest BCUT2D eigenvalue weighted by Gasteiger charge is 2.11. The van der Waals surface area contributed by atoms with E-state index in [0.29, 0.717) is 6.54 Å². The second-order valence-electron chi connectivity index (χ2n) is 4.93. The molecule has 0 aliphatic carbocycles. The molecule has 0 atom stereocenters. The first-order chi connectivity index (χ1) is 8.67. The van der Waals surface area contributed by atoms with Crippen LogP contribution in [0, 0.1) is 13.8 Å². The van der Waals surface area contributed by atoms with E-state index in [4.69, 9.17) is 4.98 Å². The van der Waals surface area contributed by atoms with Crippen LogP contribution in [0.1, 0.15) is 36.7 Å². The summed E-state index contributed by atoms with van der Waals surface area (Å²) in [4.78, 5) is 4.72. The maximum absolute atomic E-state index is 9.22. The molecule has 0 aliphatic heterocycles. The normalized spacial score (nSPS) is 11.3. The quantitative estimate of drug-likeness (QED) is 0.880. The van der Waals surface area contributed by atoms with Gasteiger partial charge >= 0.3 is 0 Å². The Morgan fingerprint density at radius 1 is 1.22 bits per heavy atom. The van der Waals surface area contributed by atoms with Crippen LogP contribution in [0.5, 0.6) is 0 Å². The average molecular weight is 246 g/mol. The lowest BCUT2D eigenvalue weighted by atomic mass is 10.1. The van der Waals surface area contributed by atoms with Crippen molar-refractivity contribution in [3.05, 3.63) is 29.1 Å². The average Bonchev–Trinajstić information content (AvgIpc) is 2.66. The molecule has 0 unspecified atom stereocenters. The van der Waals surface area contributed by atoms with Crippen LogP contribution >= 0.6 is 0 Å². The minimum absolute atomic E-state index is 0.164. The number of hydrogen-bond donors (Lipinski definition) is 1. The number of fused-ring (bicyclic) bond motifs is 1. The van der Waals surface area contributed by atoms with Crippen LogP contribution in [0.25, 0.3) is 11.0 Å². The number of imidazole rings is 1. The van der Waals surface area contributed by atoms with Crippen LogP contribution in [0.4, 0.5) is 0 Å². The monoisotopic (exact) mass is 246 g/mol. The van der Waals surface area contributed by atoms with Gasteiger partial charge in [0.1, 0.15) is 5.82 Å². The first kappa shape index (κ1) is 13.1. The molecule has 0 saturated heterocycles. The maximum Gasteiger partial charge on any atom is 0.109 e. The fourth-order valence-electron chi connectivity index (χ4n) is 2.31. The fraction of sp³-hybridized carbons (Fsp3) is 0.533. The number of rotatable bonds is 5. The number of aryl methyl sites for hydroxylation is 3. The van der Waals surface area contributed by atoms with Crippen molar-refractivity contribution in [2.24, 2.45) is 0 Å². The van der Waals surface area contributed by atoms with Gasteiger partial charge < -0.3 is 9.67 Å². The molecule has 1 aromatic carbocycles. The number of aromatic nitrogens is 2. The van der Waals surface area contributed by atoms with Crippen molar-refractivity contribution in [3.8, 4) is 0 Å². The predicted molar refractivity (Wildman–Crippen MR) is 74.9 cm³/mol. The van der Waals surface area contributed by atoms with Crippen molar-refractivity contribution in [1.29, 1.82) is 0 Å². The Kier molecular flexibility index (Phi) is 4.02. The lowest BCUT2D eigenvalue weighted by Crippen LogP contribution is -2.07. The molecule has 1 heterocycles. The van der Waals surface area contributed by atoms with Crippen LogP contribution in [0.15, 0.2) is 12.1 Å². The summed E-state index contributed by atoms with van der Waals surface area (Å²) < 4.78 is 2.16. The number of nitrogens with zero attached hydrogens (tertiary/aromatic N) is 2. The predicted octanol–water partition coefficient (Wildman–Crippen LogP) is 2.99. The molecule has 0 spiro atoms. The molecule has 3 heteroatoms. The number of aliphatic hydroxyl groups is 1. The SMILES string of the molecule is CCCCc1nc2cc(C)c(C)cc2n1CCO. The van der Waals surface area contributed by atoms with Crippen molar-refractivity contribution in [3.63, 3.8) is 0 Å². The third kappa shape index (κ3) is 2.41. The van der Waals surface area contributed by atoms with Gasteiger partial charge in [-0.1, -0.05) is 13.3 Å². The summed E-state index contributed by atoms with van der Waals surface area (Å²) in [5, 5.41) is 9.22. The van der Waals surface area contributed by atoms with Gasteiger partial charge in [-0.3, -0.25) is 0 Å². The van der Waals surface area contributed by atoms with E-state index in [1.165, 1.54) is 17.5 Å². The molecule has 0 aliphatic rings. The molecule has 0 amide bonds. The van der Waals surface area contributed by atoms with E-state index in [1.54, 1.807) is 0 Å². The Hall–Kier alpha value is -1.35. The summed E-state index contributed by atoms with van der Waals surface area (Å²) in [5.41, 5.74) is 4.76. The number of unbranched alkanes of at least 4 members (excludes halogenated alkanes) is 1. The van der Waals surface area contributed by atoms with Crippen LogP contribution in [-0.2, 0) is 13.0 Å². The lowest BCUT2D eigenvalue weighted by molar-refractivity contribution is 0.276. The molecule has 0 fully saturated rings. The van der Waals surface area contributed by atoms with Gasteiger partial charge in [0.05, 0.1) is 17.6 Å². The summed E-state index contributed by atoms with van der Waals surface area (Å²) in [7, 11) is 0. The van der Waals surface area contributed by atoms with E-state index in [9.17, 15) is 5.11 Å². The highest BCUT2D eigenvalue weighted by Crippen LogP contribution is 2.21. The summed E-state index contributed by atoms with van der Waals surface area (Å²) in [6.07, 6.45) is 3.30. The van der Waals surface area contributed by atoms with E-state index in [1.807, 2.05) is 0 Å². The Bertz CT molecular complexity index is 543. The van der Waals surface area contributed by atoms with Crippen LogP contribution in [0.2, 0.25) is 0 Å². The highest BCUT2D eigenvalue weighted by molar-refractivity contribution is 5.78. The third-order valence-corrected chi connectivity index (χ3v) is 3.52. The molecule has 2 rings (SSSR count). The maximum atomic E-state index is 9.22. The molecule has 0 radical (unpaired) electrons. The zero-order valence-electron chi connectivity index (χ0n) is 11.5. The Morgan fingerprint density at radius 2 is 1.94 bits per heavy atom. The van der Waals surface area contributed by atoms with Gasteiger partial charge in [0.15, 0.2) is 0 Å². The minimum Gasteiger partial charge on any atom is -0.395 e. The molecule has 98 valence electrons. The third-order valence-electron chi connectivity index (χ3n) is 3.52. The number of benzene rings is 1. The van der Waals surface area contributed by atoms with Gasteiger partial charge in [-0.15, -0.1) is 0 Å². The minimum atomic E-state index is 0.164. The van der Waals surface area contributed by atoms with Gasteiger partial charge in [-0.25, -0.2) is 4.98 Å². The van der Waals surface area contributed by atoms with Crippen LogP contribution in [0.3, 0.4) is 0 Å². The first-order valence-corrected chi connectivity index (χ1v) is 6.74. The fourth-order valence-corrected chi connectivity index (χ4v) is 2.31. The zero-order chi connectivity index (χ0) is 13.1. The van der Waals surface area contributed by atoms with Crippen molar-refractivity contribution in [2.45, 2.75) is 46.6 Å².